The number of piperidine rings is 1. The van der Waals surface area contributed by atoms with Gasteiger partial charge in [-0.05, 0) is 49.6 Å². The van der Waals surface area contributed by atoms with Gasteiger partial charge in [-0.1, -0.05) is 35.6 Å². The molecular formula is C23H28N4O2S. The molecular weight excluding hydrogens is 396 g/mol. The van der Waals surface area contributed by atoms with E-state index in [9.17, 15) is 4.79 Å². The fraction of sp³-hybridized carbons (Fsp3) is 0.391. The maximum Gasteiger partial charge on any atom is 0.317 e. The Kier molecular flexibility index (Phi) is 6.50. The number of rotatable bonds is 6. The standard InChI is InChI=1S/C23H28N4O2S/c1-3-26(2)22(28)24-18-12-14-27(15-13-18)16-17-8-10-19(11-9-17)29-23-25-20-6-4-5-7-21(20)30-23/h4-11,18H,3,12-16H2,1-2H3,(H,24,28). The first-order valence-corrected chi connectivity index (χ1v) is 11.3. The minimum Gasteiger partial charge on any atom is -0.431 e. The number of carbonyl (C=O) groups excluding carboxylic acids is 1. The Hall–Kier alpha value is -2.64. The highest BCUT2D eigenvalue weighted by atomic mass is 32.1. The molecule has 1 aliphatic rings. The van der Waals surface area contributed by atoms with E-state index in [2.05, 4.69) is 33.4 Å². The van der Waals surface area contributed by atoms with Crippen LogP contribution in [0.5, 0.6) is 10.9 Å². The van der Waals surface area contributed by atoms with Crippen molar-refractivity contribution in [2.75, 3.05) is 26.7 Å². The SMILES string of the molecule is CCN(C)C(=O)NC1CCN(Cc2ccc(Oc3nc4ccccc4s3)cc2)CC1. The molecule has 2 amide bonds. The molecule has 1 fully saturated rings. The number of hydrogen-bond donors (Lipinski definition) is 1. The molecule has 1 aliphatic heterocycles. The average Bonchev–Trinajstić information content (AvgIpc) is 3.18. The Morgan fingerprint density at radius 2 is 1.93 bits per heavy atom. The van der Waals surface area contributed by atoms with Crippen LogP contribution in [0.3, 0.4) is 0 Å². The van der Waals surface area contributed by atoms with E-state index in [1.807, 2.05) is 44.3 Å². The molecule has 6 nitrogen and oxygen atoms in total. The topological polar surface area (TPSA) is 57.7 Å². The van der Waals surface area contributed by atoms with Gasteiger partial charge in [0.05, 0.1) is 10.2 Å². The van der Waals surface area contributed by atoms with Crippen molar-refractivity contribution < 1.29 is 9.53 Å². The molecule has 1 saturated heterocycles. The second-order valence-corrected chi connectivity index (χ2v) is 8.70. The molecule has 0 bridgehead atoms. The molecule has 7 heteroatoms. The van der Waals surface area contributed by atoms with Crippen molar-refractivity contribution in [1.82, 2.24) is 20.1 Å². The molecule has 0 saturated carbocycles. The molecule has 0 atom stereocenters. The molecule has 158 valence electrons. The van der Waals surface area contributed by atoms with Gasteiger partial charge < -0.3 is 15.0 Å². The van der Waals surface area contributed by atoms with Gasteiger partial charge in [0.1, 0.15) is 5.75 Å². The predicted molar refractivity (Wildman–Crippen MR) is 121 cm³/mol. The fourth-order valence-electron chi connectivity index (χ4n) is 3.58. The zero-order valence-corrected chi connectivity index (χ0v) is 18.3. The monoisotopic (exact) mass is 424 g/mol. The number of aromatic nitrogens is 1. The molecule has 0 spiro atoms. The van der Waals surface area contributed by atoms with E-state index in [-0.39, 0.29) is 12.1 Å². The van der Waals surface area contributed by atoms with E-state index in [1.165, 1.54) is 5.56 Å². The van der Waals surface area contributed by atoms with Gasteiger partial charge >= 0.3 is 6.03 Å². The number of likely N-dealkylation sites (tertiary alicyclic amines) is 1. The van der Waals surface area contributed by atoms with Crippen molar-refractivity contribution in [1.29, 1.82) is 0 Å². The van der Waals surface area contributed by atoms with Crippen LogP contribution >= 0.6 is 11.3 Å². The first-order valence-electron chi connectivity index (χ1n) is 10.5. The van der Waals surface area contributed by atoms with E-state index in [0.29, 0.717) is 5.19 Å². The molecule has 1 aromatic heterocycles. The maximum atomic E-state index is 12.0. The minimum atomic E-state index is 0.0275. The van der Waals surface area contributed by atoms with Gasteiger partial charge in [-0.25, -0.2) is 9.78 Å². The number of hydrogen-bond acceptors (Lipinski definition) is 5. The summed E-state index contributed by atoms with van der Waals surface area (Å²) in [4.78, 5) is 20.7. The van der Waals surface area contributed by atoms with E-state index in [0.717, 1.165) is 55.0 Å². The first kappa shape index (κ1) is 20.6. The summed E-state index contributed by atoms with van der Waals surface area (Å²) in [6, 6.07) is 16.6. The number of benzene rings is 2. The van der Waals surface area contributed by atoms with Gasteiger partial charge in [0.15, 0.2) is 0 Å². The molecule has 0 aliphatic carbocycles. The van der Waals surface area contributed by atoms with Crippen molar-refractivity contribution in [2.24, 2.45) is 0 Å². The molecule has 3 aromatic rings. The third kappa shape index (κ3) is 5.09. The van der Waals surface area contributed by atoms with Crippen LogP contribution in [0.25, 0.3) is 10.2 Å². The predicted octanol–water partition coefficient (Wildman–Crippen LogP) is 4.71. The number of carbonyl (C=O) groups is 1. The first-order chi connectivity index (χ1) is 14.6. The van der Waals surface area contributed by atoms with Crippen molar-refractivity contribution in [2.45, 2.75) is 32.4 Å². The summed E-state index contributed by atoms with van der Waals surface area (Å²) < 4.78 is 7.07. The minimum absolute atomic E-state index is 0.0275. The smallest absolute Gasteiger partial charge is 0.317 e. The van der Waals surface area contributed by atoms with Crippen molar-refractivity contribution in [3.05, 3.63) is 54.1 Å². The van der Waals surface area contributed by atoms with Gasteiger partial charge in [-0.15, -0.1) is 0 Å². The lowest BCUT2D eigenvalue weighted by molar-refractivity contribution is 0.175. The summed E-state index contributed by atoms with van der Waals surface area (Å²) in [5, 5.41) is 3.80. The van der Waals surface area contributed by atoms with E-state index in [4.69, 9.17) is 4.74 Å². The molecule has 4 rings (SSSR count). The third-order valence-corrected chi connectivity index (χ3v) is 6.46. The van der Waals surface area contributed by atoms with Crippen LogP contribution in [-0.4, -0.2) is 53.5 Å². The van der Waals surface area contributed by atoms with Crippen molar-refractivity contribution in [3.63, 3.8) is 0 Å². The van der Waals surface area contributed by atoms with Crippen LogP contribution in [0.15, 0.2) is 48.5 Å². The fourth-order valence-corrected chi connectivity index (χ4v) is 4.42. The van der Waals surface area contributed by atoms with Gasteiger partial charge in [0, 0.05) is 39.3 Å². The van der Waals surface area contributed by atoms with E-state index >= 15 is 0 Å². The summed E-state index contributed by atoms with van der Waals surface area (Å²) in [5.74, 6) is 0.805. The van der Waals surface area contributed by atoms with E-state index < -0.39 is 0 Å². The molecule has 30 heavy (non-hydrogen) atoms. The molecule has 0 unspecified atom stereocenters. The number of ether oxygens (including phenoxy) is 1. The molecule has 0 radical (unpaired) electrons. The van der Waals surface area contributed by atoms with Crippen LogP contribution in [0.4, 0.5) is 4.79 Å². The quantitative estimate of drug-likeness (QED) is 0.622. The zero-order chi connectivity index (χ0) is 20.9. The zero-order valence-electron chi connectivity index (χ0n) is 17.5. The molecule has 2 heterocycles. The second kappa shape index (κ2) is 9.45. The second-order valence-electron chi connectivity index (χ2n) is 7.71. The number of nitrogens with zero attached hydrogens (tertiary/aromatic N) is 3. The van der Waals surface area contributed by atoms with Crippen LogP contribution in [0, 0.1) is 0 Å². The Balaban J connectivity index is 1.26. The van der Waals surface area contributed by atoms with Crippen molar-refractivity contribution in [3.8, 4) is 10.9 Å². The maximum absolute atomic E-state index is 12.0. The number of nitrogens with one attached hydrogen (secondary N) is 1. The summed E-state index contributed by atoms with van der Waals surface area (Å²) in [6.07, 6.45) is 1.98. The average molecular weight is 425 g/mol. The number of thiazole rings is 1. The Morgan fingerprint density at radius 3 is 2.63 bits per heavy atom. The molecule has 1 N–H and O–H groups in total. The van der Waals surface area contributed by atoms with Gasteiger partial charge in [0.2, 0.25) is 0 Å². The highest BCUT2D eigenvalue weighted by molar-refractivity contribution is 7.20. The van der Waals surface area contributed by atoms with Crippen molar-refractivity contribution >= 4 is 27.6 Å². The number of fused-ring (bicyclic) bond motifs is 1. The Bertz CT molecular complexity index is 947. The highest BCUT2D eigenvalue weighted by Crippen LogP contribution is 2.31. The van der Waals surface area contributed by atoms with Crippen LogP contribution < -0.4 is 10.1 Å². The van der Waals surface area contributed by atoms with Gasteiger partial charge in [0.25, 0.3) is 5.19 Å². The van der Waals surface area contributed by atoms with Crippen LogP contribution in [-0.2, 0) is 6.54 Å². The van der Waals surface area contributed by atoms with Crippen LogP contribution in [0.2, 0.25) is 0 Å². The summed E-state index contributed by atoms with van der Waals surface area (Å²) in [7, 11) is 1.83. The van der Waals surface area contributed by atoms with Crippen LogP contribution in [0.1, 0.15) is 25.3 Å². The normalized spacial score (nSPS) is 15.3. The van der Waals surface area contributed by atoms with E-state index in [1.54, 1.807) is 16.2 Å². The lowest BCUT2D eigenvalue weighted by Gasteiger charge is -2.33. The Labute approximate surface area is 181 Å². The highest BCUT2D eigenvalue weighted by Gasteiger charge is 2.21. The molecule has 2 aromatic carbocycles. The van der Waals surface area contributed by atoms with Gasteiger partial charge in [-0.2, -0.15) is 0 Å². The summed E-state index contributed by atoms with van der Waals surface area (Å²) in [6.45, 7) is 5.60. The number of amides is 2. The lowest BCUT2D eigenvalue weighted by Crippen LogP contribution is -2.48. The largest absolute Gasteiger partial charge is 0.431 e. The third-order valence-electron chi connectivity index (χ3n) is 5.55. The summed E-state index contributed by atoms with van der Waals surface area (Å²) in [5.41, 5.74) is 2.23. The summed E-state index contributed by atoms with van der Waals surface area (Å²) >= 11 is 1.56. The lowest BCUT2D eigenvalue weighted by atomic mass is 10.0. The number of urea groups is 1. The van der Waals surface area contributed by atoms with Gasteiger partial charge in [-0.3, -0.25) is 4.90 Å². The number of para-hydroxylation sites is 1. The Morgan fingerprint density at radius 1 is 1.20 bits per heavy atom.